The second kappa shape index (κ2) is 4.45. The molecule has 1 rings (SSSR count). The molecule has 0 aliphatic heterocycles. The lowest BCUT2D eigenvalue weighted by Crippen LogP contribution is -2.25. The van der Waals surface area contributed by atoms with E-state index in [0.717, 1.165) is 6.07 Å². The third kappa shape index (κ3) is 3.48. The number of benzene rings is 1. The van der Waals surface area contributed by atoms with Gasteiger partial charge in [-0.1, -0.05) is 0 Å². The molecular formula is C12H14O5. The van der Waals surface area contributed by atoms with Crippen LogP contribution < -0.4 is 0 Å². The van der Waals surface area contributed by atoms with Gasteiger partial charge in [0.15, 0.2) is 0 Å². The average molecular weight is 238 g/mol. The maximum Gasteiger partial charge on any atom is 0.339 e. The Bertz CT molecular complexity index is 456. The summed E-state index contributed by atoms with van der Waals surface area (Å²) in [6, 6.07) is 3.49. The molecule has 0 bridgehead atoms. The fourth-order valence-corrected chi connectivity index (χ4v) is 1.22. The van der Waals surface area contributed by atoms with E-state index in [1.165, 1.54) is 12.1 Å². The Hall–Kier alpha value is -2.04. The van der Waals surface area contributed by atoms with Crippen LogP contribution in [0.4, 0.5) is 0 Å². The number of hydrogen-bond acceptors (Lipinski definition) is 4. The number of phenols is 1. The number of aromatic hydroxyl groups is 1. The van der Waals surface area contributed by atoms with Crippen molar-refractivity contribution in [2.45, 2.75) is 26.4 Å². The van der Waals surface area contributed by atoms with E-state index in [4.69, 9.17) is 9.84 Å². The number of phenolic OH excluding ortho intramolecular Hbond substituents is 1. The van der Waals surface area contributed by atoms with Gasteiger partial charge in [-0.2, -0.15) is 0 Å². The van der Waals surface area contributed by atoms with Crippen LogP contribution in [0.15, 0.2) is 18.2 Å². The van der Waals surface area contributed by atoms with Crippen LogP contribution in [0.1, 0.15) is 41.5 Å². The number of esters is 1. The Kier molecular flexibility index (Phi) is 3.41. The predicted octanol–water partition coefficient (Wildman–Crippen LogP) is 2.05. The summed E-state index contributed by atoms with van der Waals surface area (Å²) < 4.78 is 5.07. The zero-order chi connectivity index (χ0) is 13.2. The third-order valence-corrected chi connectivity index (χ3v) is 1.85. The Morgan fingerprint density at radius 1 is 1.18 bits per heavy atom. The van der Waals surface area contributed by atoms with Crippen molar-refractivity contribution in [1.29, 1.82) is 0 Å². The first-order chi connectivity index (χ1) is 7.70. The summed E-state index contributed by atoms with van der Waals surface area (Å²) >= 11 is 0. The van der Waals surface area contributed by atoms with Crippen molar-refractivity contribution in [3.63, 3.8) is 0 Å². The van der Waals surface area contributed by atoms with Crippen LogP contribution in [0.5, 0.6) is 5.75 Å². The normalized spacial score (nSPS) is 11.0. The summed E-state index contributed by atoms with van der Waals surface area (Å²) in [5.41, 5.74) is -1.06. The van der Waals surface area contributed by atoms with Gasteiger partial charge in [-0.25, -0.2) is 9.59 Å². The van der Waals surface area contributed by atoms with Gasteiger partial charge in [0.05, 0.1) is 11.1 Å². The lowest BCUT2D eigenvalue weighted by molar-refractivity contribution is 0.00658. The fraction of sp³-hybridized carbons (Fsp3) is 0.333. The highest BCUT2D eigenvalue weighted by atomic mass is 16.6. The summed E-state index contributed by atoms with van der Waals surface area (Å²) in [7, 11) is 0. The summed E-state index contributed by atoms with van der Waals surface area (Å²) in [5, 5.41) is 18.1. The van der Waals surface area contributed by atoms with Crippen molar-refractivity contribution in [3.8, 4) is 5.75 Å². The first-order valence-corrected chi connectivity index (χ1v) is 5.00. The van der Waals surface area contributed by atoms with Gasteiger partial charge in [0, 0.05) is 0 Å². The second-order valence-corrected chi connectivity index (χ2v) is 4.54. The largest absolute Gasteiger partial charge is 0.508 e. The Morgan fingerprint density at radius 3 is 2.24 bits per heavy atom. The number of carboxylic acids is 1. The molecule has 2 N–H and O–H groups in total. The number of carbonyl (C=O) groups excluding carboxylic acids is 1. The molecule has 0 aliphatic carbocycles. The Labute approximate surface area is 98.6 Å². The van der Waals surface area contributed by atoms with E-state index in [0.29, 0.717) is 0 Å². The molecule has 92 valence electrons. The molecule has 5 nitrogen and oxygen atoms in total. The first kappa shape index (κ1) is 13.0. The van der Waals surface area contributed by atoms with Crippen LogP contribution in [0.3, 0.4) is 0 Å². The highest BCUT2D eigenvalue weighted by Crippen LogP contribution is 2.20. The molecule has 0 saturated heterocycles. The van der Waals surface area contributed by atoms with Gasteiger partial charge in [0.25, 0.3) is 0 Å². The van der Waals surface area contributed by atoms with Crippen molar-refractivity contribution in [2.75, 3.05) is 0 Å². The van der Waals surface area contributed by atoms with Crippen LogP contribution in [0, 0.1) is 0 Å². The lowest BCUT2D eigenvalue weighted by atomic mass is 10.1. The van der Waals surface area contributed by atoms with Gasteiger partial charge >= 0.3 is 11.9 Å². The summed E-state index contributed by atoms with van der Waals surface area (Å²) in [6.07, 6.45) is 0. The van der Waals surface area contributed by atoms with Crippen LogP contribution in [0.2, 0.25) is 0 Å². The molecule has 0 radical (unpaired) electrons. The summed E-state index contributed by atoms with van der Waals surface area (Å²) in [4.78, 5) is 22.7. The number of carbonyl (C=O) groups is 2. The molecule has 0 aliphatic rings. The van der Waals surface area contributed by atoms with Gasteiger partial charge in [0.1, 0.15) is 11.4 Å². The summed E-state index contributed by atoms with van der Waals surface area (Å²) in [6.45, 7) is 5.06. The molecule has 1 aromatic carbocycles. The maximum atomic E-state index is 11.7. The monoisotopic (exact) mass is 238 g/mol. The van der Waals surface area contributed by atoms with Gasteiger partial charge in [-0.05, 0) is 39.0 Å². The van der Waals surface area contributed by atoms with E-state index < -0.39 is 17.5 Å². The van der Waals surface area contributed by atoms with E-state index in [1.807, 2.05) is 0 Å². The molecule has 0 atom stereocenters. The average Bonchev–Trinajstić information content (AvgIpc) is 2.14. The molecule has 0 amide bonds. The lowest BCUT2D eigenvalue weighted by Gasteiger charge is -2.20. The van der Waals surface area contributed by atoms with Gasteiger partial charge in [0.2, 0.25) is 0 Å². The number of hydrogen-bond donors (Lipinski definition) is 2. The minimum Gasteiger partial charge on any atom is -0.508 e. The molecule has 0 unspecified atom stereocenters. The SMILES string of the molecule is CC(C)(C)OC(=O)c1ccc(O)cc1C(=O)O. The maximum absolute atomic E-state index is 11.7. The van der Waals surface area contributed by atoms with E-state index in [9.17, 15) is 14.7 Å². The van der Waals surface area contributed by atoms with Gasteiger partial charge in [-0.3, -0.25) is 0 Å². The van der Waals surface area contributed by atoms with Crippen molar-refractivity contribution < 1.29 is 24.5 Å². The molecule has 0 spiro atoms. The van der Waals surface area contributed by atoms with E-state index >= 15 is 0 Å². The number of ether oxygens (including phenoxy) is 1. The Morgan fingerprint density at radius 2 is 1.76 bits per heavy atom. The highest BCUT2D eigenvalue weighted by molar-refractivity contribution is 6.02. The molecule has 1 aromatic rings. The molecular weight excluding hydrogens is 224 g/mol. The highest BCUT2D eigenvalue weighted by Gasteiger charge is 2.23. The minimum absolute atomic E-state index is 0.0785. The van der Waals surface area contributed by atoms with Crippen LogP contribution in [-0.4, -0.2) is 27.8 Å². The van der Waals surface area contributed by atoms with Crippen LogP contribution in [0.25, 0.3) is 0 Å². The predicted molar refractivity (Wildman–Crippen MR) is 60.2 cm³/mol. The topological polar surface area (TPSA) is 83.8 Å². The van der Waals surface area contributed by atoms with Crippen molar-refractivity contribution in [2.24, 2.45) is 0 Å². The molecule has 0 heterocycles. The van der Waals surface area contributed by atoms with E-state index in [1.54, 1.807) is 20.8 Å². The molecule has 0 saturated carbocycles. The molecule has 0 fully saturated rings. The first-order valence-electron chi connectivity index (χ1n) is 5.00. The van der Waals surface area contributed by atoms with Crippen LogP contribution >= 0.6 is 0 Å². The van der Waals surface area contributed by atoms with Crippen molar-refractivity contribution in [1.82, 2.24) is 0 Å². The number of rotatable bonds is 2. The van der Waals surface area contributed by atoms with Gasteiger partial charge in [-0.15, -0.1) is 0 Å². The minimum atomic E-state index is -1.29. The van der Waals surface area contributed by atoms with E-state index in [2.05, 4.69) is 0 Å². The Balaban J connectivity index is 3.14. The number of aromatic carboxylic acids is 1. The zero-order valence-corrected chi connectivity index (χ0v) is 9.85. The van der Waals surface area contributed by atoms with E-state index in [-0.39, 0.29) is 16.9 Å². The standard InChI is InChI=1S/C12H14O5/c1-12(2,3)17-11(16)8-5-4-7(13)6-9(8)10(14)15/h4-6,13H,1-3H3,(H,14,15). The van der Waals surface area contributed by atoms with Crippen molar-refractivity contribution >= 4 is 11.9 Å². The molecule has 17 heavy (non-hydrogen) atoms. The zero-order valence-electron chi connectivity index (χ0n) is 9.85. The smallest absolute Gasteiger partial charge is 0.339 e. The third-order valence-electron chi connectivity index (χ3n) is 1.85. The fourth-order valence-electron chi connectivity index (χ4n) is 1.22. The van der Waals surface area contributed by atoms with Crippen molar-refractivity contribution in [3.05, 3.63) is 29.3 Å². The molecule has 0 aromatic heterocycles. The quantitative estimate of drug-likeness (QED) is 0.770. The van der Waals surface area contributed by atoms with Gasteiger partial charge < -0.3 is 14.9 Å². The summed E-state index contributed by atoms with van der Waals surface area (Å²) in [5.74, 6) is -2.23. The number of carboxylic acid groups (broad SMARTS) is 1. The molecule has 5 heteroatoms. The second-order valence-electron chi connectivity index (χ2n) is 4.54. The van der Waals surface area contributed by atoms with Crippen LogP contribution in [-0.2, 0) is 4.74 Å².